The van der Waals surface area contributed by atoms with Gasteiger partial charge in [0.15, 0.2) is 0 Å². The molecule has 1 saturated heterocycles. The second kappa shape index (κ2) is 5.12. The molecule has 0 bridgehead atoms. The van der Waals surface area contributed by atoms with Gasteiger partial charge in [-0.2, -0.15) is 4.98 Å². The van der Waals surface area contributed by atoms with E-state index >= 15 is 0 Å². The molecule has 1 aromatic rings. The maximum Gasteiger partial charge on any atom is 0.225 e. The predicted octanol–water partition coefficient (Wildman–Crippen LogP) is 1.38. The average molecular weight is 223 g/mol. The van der Waals surface area contributed by atoms with Gasteiger partial charge in [-0.15, -0.1) is 0 Å². The third kappa shape index (κ3) is 2.82. The second-order valence-corrected chi connectivity index (χ2v) is 3.85. The molecule has 0 aliphatic carbocycles. The molecule has 0 aromatic carbocycles. The summed E-state index contributed by atoms with van der Waals surface area (Å²) in [5.74, 6) is 1.24. The Morgan fingerprint density at radius 2 is 2.12 bits per heavy atom. The quantitative estimate of drug-likeness (QED) is 0.839. The maximum absolute atomic E-state index is 5.81. The summed E-state index contributed by atoms with van der Waals surface area (Å²) in [4.78, 5) is 8.48. The number of aromatic nitrogens is 2. The minimum absolute atomic E-state index is 0.216. The molecule has 5 nitrogen and oxygen atoms in total. The summed E-state index contributed by atoms with van der Waals surface area (Å²) in [5, 5.41) is 2.92. The Morgan fingerprint density at radius 1 is 1.38 bits per heavy atom. The highest BCUT2D eigenvalue weighted by atomic mass is 16.5. The molecule has 0 amide bonds. The first-order chi connectivity index (χ1) is 7.78. The molecule has 1 aliphatic rings. The SMILES string of the molecule is CNc1nc(C)cc(OC2CCOCC2)n1. The van der Waals surface area contributed by atoms with E-state index in [1.807, 2.05) is 13.0 Å². The first kappa shape index (κ1) is 11.1. The Labute approximate surface area is 95.2 Å². The van der Waals surface area contributed by atoms with Gasteiger partial charge in [0.2, 0.25) is 11.8 Å². The number of aryl methyl sites for hydroxylation is 1. The number of hydrogen-bond acceptors (Lipinski definition) is 5. The summed E-state index contributed by atoms with van der Waals surface area (Å²) in [7, 11) is 1.80. The molecule has 1 N–H and O–H groups in total. The Morgan fingerprint density at radius 3 is 2.81 bits per heavy atom. The molecule has 1 fully saturated rings. The topological polar surface area (TPSA) is 56.3 Å². The minimum Gasteiger partial charge on any atom is -0.474 e. The zero-order valence-corrected chi connectivity index (χ0v) is 9.69. The van der Waals surface area contributed by atoms with E-state index in [-0.39, 0.29) is 6.10 Å². The molecule has 88 valence electrons. The molecule has 0 spiro atoms. The van der Waals surface area contributed by atoms with Gasteiger partial charge in [0.1, 0.15) is 6.10 Å². The van der Waals surface area contributed by atoms with Crippen LogP contribution in [0.25, 0.3) is 0 Å². The Hall–Kier alpha value is -1.36. The molecule has 1 aliphatic heterocycles. The molecular formula is C11H17N3O2. The largest absolute Gasteiger partial charge is 0.474 e. The monoisotopic (exact) mass is 223 g/mol. The highest BCUT2D eigenvalue weighted by Gasteiger charge is 2.16. The van der Waals surface area contributed by atoms with Gasteiger partial charge in [-0.1, -0.05) is 0 Å². The van der Waals surface area contributed by atoms with Crippen LogP contribution >= 0.6 is 0 Å². The van der Waals surface area contributed by atoms with Crippen molar-refractivity contribution < 1.29 is 9.47 Å². The van der Waals surface area contributed by atoms with Crippen LogP contribution in [0.2, 0.25) is 0 Å². The van der Waals surface area contributed by atoms with Gasteiger partial charge in [-0.05, 0) is 6.92 Å². The molecule has 2 heterocycles. The van der Waals surface area contributed by atoms with Crippen LogP contribution < -0.4 is 10.1 Å². The van der Waals surface area contributed by atoms with Crippen molar-refractivity contribution in [3.8, 4) is 5.88 Å². The highest BCUT2D eigenvalue weighted by Crippen LogP contribution is 2.17. The molecule has 5 heteroatoms. The Balaban J connectivity index is 2.04. The lowest BCUT2D eigenvalue weighted by Crippen LogP contribution is -2.26. The summed E-state index contributed by atoms with van der Waals surface area (Å²) >= 11 is 0. The smallest absolute Gasteiger partial charge is 0.225 e. The van der Waals surface area contributed by atoms with Gasteiger partial charge >= 0.3 is 0 Å². The van der Waals surface area contributed by atoms with Crippen LogP contribution in [0.3, 0.4) is 0 Å². The molecule has 2 rings (SSSR count). The number of ether oxygens (including phenoxy) is 2. The molecule has 1 aromatic heterocycles. The van der Waals surface area contributed by atoms with Crippen molar-refractivity contribution in [3.63, 3.8) is 0 Å². The van der Waals surface area contributed by atoms with Crippen LogP contribution in [0.4, 0.5) is 5.95 Å². The van der Waals surface area contributed by atoms with Crippen LogP contribution in [-0.4, -0.2) is 36.3 Å². The number of hydrogen-bond donors (Lipinski definition) is 1. The van der Waals surface area contributed by atoms with Crippen LogP contribution in [0.15, 0.2) is 6.07 Å². The number of nitrogens with one attached hydrogen (secondary N) is 1. The third-order valence-electron chi connectivity index (χ3n) is 2.51. The fraction of sp³-hybridized carbons (Fsp3) is 0.636. The van der Waals surface area contributed by atoms with Crippen molar-refractivity contribution in [2.24, 2.45) is 0 Å². The lowest BCUT2D eigenvalue weighted by molar-refractivity contribution is 0.0237. The van der Waals surface area contributed by atoms with Gasteiger partial charge in [-0.25, -0.2) is 4.98 Å². The summed E-state index contributed by atoms with van der Waals surface area (Å²) < 4.78 is 11.1. The van der Waals surface area contributed by atoms with E-state index in [1.54, 1.807) is 7.05 Å². The predicted molar refractivity (Wildman–Crippen MR) is 60.8 cm³/mol. The summed E-state index contributed by atoms with van der Waals surface area (Å²) in [6.45, 7) is 3.47. The number of anilines is 1. The minimum atomic E-state index is 0.216. The van der Waals surface area contributed by atoms with Crippen molar-refractivity contribution in [2.75, 3.05) is 25.6 Å². The fourth-order valence-corrected chi connectivity index (χ4v) is 1.68. The van der Waals surface area contributed by atoms with E-state index in [4.69, 9.17) is 9.47 Å². The van der Waals surface area contributed by atoms with Gasteiger partial charge in [0, 0.05) is 31.6 Å². The van der Waals surface area contributed by atoms with Crippen LogP contribution in [0.5, 0.6) is 5.88 Å². The van der Waals surface area contributed by atoms with Crippen molar-refractivity contribution in [1.82, 2.24) is 9.97 Å². The summed E-state index contributed by atoms with van der Waals surface area (Å²) in [6.07, 6.45) is 2.07. The van der Waals surface area contributed by atoms with E-state index in [9.17, 15) is 0 Å². The normalized spacial score (nSPS) is 17.1. The Bertz CT molecular complexity index is 351. The molecule has 0 atom stereocenters. The summed E-state index contributed by atoms with van der Waals surface area (Å²) in [6, 6.07) is 1.86. The van der Waals surface area contributed by atoms with E-state index in [0.29, 0.717) is 11.8 Å². The molecule has 0 radical (unpaired) electrons. The molecule has 0 unspecified atom stereocenters. The maximum atomic E-state index is 5.81. The van der Waals surface area contributed by atoms with Gasteiger partial charge in [0.25, 0.3) is 0 Å². The van der Waals surface area contributed by atoms with Crippen molar-refractivity contribution >= 4 is 5.95 Å². The van der Waals surface area contributed by atoms with Crippen molar-refractivity contribution in [3.05, 3.63) is 11.8 Å². The van der Waals surface area contributed by atoms with E-state index in [0.717, 1.165) is 31.7 Å². The second-order valence-electron chi connectivity index (χ2n) is 3.85. The van der Waals surface area contributed by atoms with Crippen molar-refractivity contribution in [1.29, 1.82) is 0 Å². The van der Waals surface area contributed by atoms with Gasteiger partial charge in [-0.3, -0.25) is 0 Å². The molecule has 16 heavy (non-hydrogen) atoms. The van der Waals surface area contributed by atoms with Gasteiger partial charge in [0.05, 0.1) is 13.2 Å². The fourth-order valence-electron chi connectivity index (χ4n) is 1.68. The van der Waals surface area contributed by atoms with Crippen LogP contribution in [0, 0.1) is 6.92 Å². The van der Waals surface area contributed by atoms with E-state index in [1.165, 1.54) is 0 Å². The third-order valence-corrected chi connectivity index (χ3v) is 2.51. The first-order valence-electron chi connectivity index (χ1n) is 5.56. The van der Waals surface area contributed by atoms with Crippen molar-refractivity contribution in [2.45, 2.75) is 25.9 Å². The highest BCUT2D eigenvalue weighted by molar-refractivity contribution is 5.29. The van der Waals surface area contributed by atoms with E-state index in [2.05, 4.69) is 15.3 Å². The average Bonchev–Trinajstić information content (AvgIpc) is 2.29. The molecular weight excluding hydrogens is 206 g/mol. The number of nitrogens with zero attached hydrogens (tertiary/aromatic N) is 2. The zero-order valence-electron chi connectivity index (χ0n) is 9.69. The van der Waals surface area contributed by atoms with E-state index < -0.39 is 0 Å². The molecule has 0 saturated carbocycles. The van der Waals surface area contributed by atoms with Gasteiger partial charge < -0.3 is 14.8 Å². The Kier molecular flexibility index (Phi) is 3.56. The van der Waals surface area contributed by atoms with Crippen LogP contribution in [0.1, 0.15) is 18.5 Å². The first-order valence-corrected chi connectivity index (χ1v) is 5.56. The summed E-state index contributed by atoms with van der Waals surface area (Å²) in [5.41, 5.74) is 0.904. The standard InChI is InChI=1S/C11H17N3O2/c1-8-7-10(14-11(12-2)13-8)16-9-3-5-15-6-4-9/h7,9H,3-6H2,1-2H3,(H,12,13,14). The lowest BCUT2D eigenvalue weighted by Gasteiger charge is -2.22. The van der Waals surface area contributed by atoms with Crippen LogP contribution in [-0.2, 0) is 4.74 Å². The zero-order chi connectivity index (χ0) is 11.4. The lowest BCUT2D eigenvalue weighted by atomic mass is 10.1. The number of rotatable bonds is 3.